The van der Waals surface area contributed by atoms with Crippen molar-refractivity contribution in [2.45, 2.75) is 18.7 Å². The van der Waals surface area contributed by atoms with Crippen LogP contribution in [-0.4, -0.2) is 29.9 Å². The first kappa shape index (κ1) is 13.3. The minimum atomic E-state index is -3.79. The lowest BCUT2D eigenvalue weighted by Crippen LogP contribution is -2.14. The third-order valence-electron chi connectivity index (χ3n) is 2.11. The van der Waals surface area contributed by atoms with Gasteiger partial charge < -0.3 is 9.73 Å². The second kappa shape index (κ2) is 5.22. The summed E-state index contributed by atoms with van der Waals surface area (Å²) < 4.78 is 31.1. The fraction of sp³-hybridized carbons (Fsp3) is 0.300. The molecular weight excluding hydrogens is 270 g/mol. The molecule has 8 nitrogen and oxygen atoms in total. The molecular formula is C10H13N5O3S. The highest BCUT2D eigenvalue weighted by atomic mass is 32.2. The number of aryl methyl sites for hydroxylation is 1. The molecule has 2 aromatic rings. The highest BCUT2D eigenvalue weighted by Gasteiger charge is 2.17. The molecule has 0 aliphatic carbocycles. The molecule has 9 heteroatoms. The molecule has 0 saturated carbocycles. The molecule has 0 bridgehead atoms. The van der Waals surface area contributed by atoms with E-state index in [0.717, 1.165) is 0 Å². The van der Waals surface area contributed by atoms with E-state index in [4.69, 9.17) is 4.42 Å². The summed E-state index contributed by atoms with van der Waals surface area (Å²) in [5, 5.41) is 2.87. The Bertz CT molecular complexity index is 650. The van der Waals surface area contributed by atoms with Crippen LogP contribution < -0.4 is 10.0 Å². The Morgan fingerprint density at radius 1 is 1.32 bits per heavy atom. The second-order valence-corrected chi connectivity index (χ2v) is 5.35. The predicted molar refractivity (Wildman–Crippen MR) is 68.2 cm³/mol. The Balaban J connectivity index is 2.19. The minimum Gasteiger partial charge on any atom is -0.431 e. The summed E-state index contributed by atoms with van der Waals surface area (Å²) in [5.41, 5.74) is 0.580. The molecule has 0 aliphatic heterocycles. The van der Waals surface area contributed by atoms with Crippen LogP contribution in [0.1, 0.15) is 12.6 Å². The summed E-state index contributed by atoms with van der Waals surface area (Å²) in [6.45, 7) is 4.23. The fourth-order valence-corrected chi connectivity index (χ4v) is 2.10. The van der Waals surface area contributed by atoms with Gasteiger partial charge in [-0.1, -0.05) is 0 Å². The lowest BCUT2D eigenvalue weighted by Gasteiger charge is -2.05. The third-order valence-corrected chi connectivity index (χ3v) is 3.39. The molecule has 102 valence electrons. The first-order chi connectivity index (χ1) is 9.01. The molecule has 2 rings (SSSR count). The lowest BCUT2D eigenvalue weighted by molar-refractivity contribution is 0.569. The molecule has 0 aromatic carbocycles. The van der Waals surface area contributed by atoms with Gasteiger partial charge in [0.15, 0.2) is 0 Å². The van der Waals surface area contributed by atoms with Crippen molar-refractivity contribution in [3.8, 4) is 0 Å². The zero-order chi connectivity index (χ0) is 13.9. The van der Waals surface area contributed by atoms with E-state index in [2.05, 4.69) is 25.0 Å². The minimum absolute atomic E-state index is 0.0648. The van der Waals surface area contributed by atoms with Gasteiger partial charge in [0.05, 0.1) is 18.1 Å². The zero-order valence-electron chi connectivity index (χ0n) is 10.4. The monoisotopic (exact) mass is 283 g/mol. The van der Waals surface area contributed by atoms with Gasteiger partial charge in [-0.05, 0) is 13.8 Å². The lowest BCUT2D eigenvalue weighted by atomic mass is 10.6. The van der Waals surface area contributed by atoms with Gasteiger partial charge in [0.2, 0.25) is 5.95 Å². The van der Waals surface area contributed by atoms with E-state index < -0.39 is 10.0 Å². The van der Waals surface area contributed by atoms with Crippen molar-refractivity contribution in [2.24, 2.45) is 0 Å². The van der Waals surface area contributed by atoms with E-state index in [1.54, 1.807) is 6.92 Å². The molecule has 0 spiro atoms. The molecule has 2 N–H and O–H groups in total. The second-order valence-electron chi connectivity index (χ2n) is 3.67. The van der Waals surface area contributed by atoms with Crippen molar-refractivity contribution in [3.05, 3.63) is 24.4 Å². The van der Waals surface area contributed by atoms with Crippen molar-refractivity contribution in [1.29, 1.82) is 0 Å². The van der Waals surface area contributed by atoms with Crippen molar-refractivity contribution in [2.75, 3.05) is 16.6 Å². The summed E-state index contributed by atoms with van der Waals surface area (Å²) in [7, 11) is -3.79. The highest BCUT2D eigenvalue weighted by molar-refractivity contribution is 7.92. The number of rotatable bonds is 5. The molecule has 0 fully saturated rings. The number of oxazole rings is 1. The molecule has 0 radical (unpaired) electrons. The molecule has 0 saturated heterocycles. The average Bonchev–Trinajstić information content (AvgIpc) is 2.75. The predicted octanol–water partition coefficient (Wildman–Crippen LogP) is 1.01. The van der Waals surface area contributed by atoms with Crippen LogP contribution in [0, 0.1) is 6.92 Å². The van der Waals surface area contributed by atoms with E-state index in [1.807, 2.05) is 6.92 Å². The number of nitrogens with one attached hydrogen (secondary N) is 2. The van der Waals surface area contributed by atoms with Gasteiger partial charge in [-0.25, -0.2) is 23.1 Å². The van der Waals surface area contributed by atoms with Crippen molar-refractivity contribution in [3.63, 3.8) is 0 Å². The van der Waals surface area contributed by atoms with Crippen LogP contribution in [0.25, 0.3) is 0 Å². The van der Waals surface area contributed by atoms with Crippen LogP contribution >= 0.6 is 0 Å². The average molecular weight is 283 g/mol. The Labute approximate surface area is 110 Å². The number of hydrogen-bond donors (Lipinski definition) is 2. The third kappa shape index (κ3) is 3.19. The van der Waals surface area contributed by atoms with Crippen molar-refractivity contribution >= 4 is 22.0 Å². The first-order valence-corrected chi connectivity index (χ1v) is 7.00. The summed E-state index contributed by atoms with van der Waals surface area (Å²) >= 11 is 0. The number of sulfonamides is 1. The maximum absolute atomic E-state index is 12.0. The van der Waals surface area contributed by atoms with E-state index >= 15 is 0 Å². The molecule has 0 amide bonds. The van der Waals surface area contributed by atoms with Gasteiger partial charge in [0.25, 0.3) is 10.0 Å². The Morgan fingerprint density at radius 3 is 2.53 bits per heavy atom. The quantitative estimate of drug-likeness (QED) is 0.842. The van der Waals surface area contributed by atoms with Gasteiger partial charge in [-0.3, -0.25) is 0 Å². The number of nitrogens with zero attached hydrogens (tertiary/aromatic N) is 3. The fourth-order valence-electron chi connectivity index (χ4n) is 1.28. The smallest absolute Gasteiger partial charge is 0.309 e. The highest BCUT2D eigenvalue weighted by Crippen LogP contribution is 2.14. The maximum atomic E-state index is 12.0. The summed E-state index contributed by atoms with van der Waals surface area (Å²) in [5.74, 6) is 0.369. The van der Waals surface area contributed by atoms with Gasteiger partial charge in [0, 0.05) is 6.54 Å². The van der Waals surface area contributed by atoms with Crippen LogP contribution in [0.3, 0.4) is 0 Å². The number of aromatic nitrogens is 3. The standard InChI is InChI=1S/C10H13N5O3S/c1-3-11-9-12-4-8(5-13-9)19(16,17)15-10-14-7(2)6-18-10/h4-6H,3H2,1-2H3,(H,14,15)(H,11,12,13). The van der Waals surface area contributed by atoms with Crippen LogP contribution in [0.5, 0.6) is 0 Å². The molecule has 0 unspecified atom stereocenters. The SMILES string of the molecule is CCNc1ncc(S(=O)(=O)Nc2nc(C)co2)cn1. The van der Waals surface area contributed by atoms with E-state index in [9.17, 15) is 8.42 Å². The Morgan fingerprint density at radius 2 is 2.00 bits per heavy atom. The maximum Gasteiger partial charge on any atom is 0.309 e. The summed E-state index contributed by atoms with van der Waals surface area (Å²) in [6, 6.07) is -0.0896. The molecule has 19 heavy (non-hydrogen) atoms. The van der Waals surface area contributed by atoms with E-state index in [0.29, 0.717) is 18.2 Å². The zero-order valence-corrected chi connectivity index (χ0v) is 11.2. The van der Waals surface area contributed by atoms with Crippen LogP contribution in [0.2, 0.25) is 0 Å². The Kier molecular flexibility index (Phi) is 3.65. The van der Waals surface area contributed by atoms with Crippen LogP contribution in [0.4, 0.5) is 12.0 Å². The van der Waals surface area contributed by atoms with Gasteiger partial charge in [0.1, 0.15) is 11.2 Å². The molecule has 0 aliphatic rings. The van der Waals surface area contributed by atoms with Crippen molar-refractivity contribution < 1.29 is 12.8 Å². The largest absolute Gasteiger partial charge is 0.431 e. The number of hydrogen-bond acceptors (Lipinski definition) is 7. The molecule has 2 aromatic heterocycles. The van der Waals surface area contributed by atoms with Gasteiger partial charge in [-0.15, -0.1) is 0 Å². The Hall–Kier alpha value is -2.16. The summed E-state index contributed by atoms with van der Waals surface area (Å²) in [4.78, 5) is 11.6. The molecule has 0 atom stereocenters. The first-order valence-electron chi connectivity index (χ1n) is 5.52. The van der Waals surface area contributed by atoms with E-state index in [-0.39, 0.29) is 10.9 Å². The van der Waals surface area contributed by atoms with Crippen LogP contribution in [-0.2, 0) is 10.0 Å². The normalized spacial score (nSPS) is 11.3. The number of anilines is 2. The van der Waals surface area contributed by atoms with Crippen LogP contribution in [0.15, 0.2) is 28.0 Å². The van der Waals surface area contributed by atoms with E-state index in [1.165, 1.54) is 18.7 Å². The van der Waals surface area contributed by atoms with Crippen molar-refractivity contribution in [1.82, 2.24) is 15.0 Å². The van der Waals surface area contributed by atoms with Gasteiger partial charge >= 0.3 is 6.01 Å². The van der Waals surface area contributed by atoms with Gasteiger partial charge in [-0.2, -0.15) is 4.98 Å². The molecule has 2 heterocycles. The topological polar surface area (TPSA) is 110 Å². The summed E-state index contributed by atoms with van der Waals surface area (Å²) in [6.07, 6.45) is 3.77.